The molecule has 0 radical (unpaired) electrons. The Labute approximate surface area is 204 Å². The van der Waals surface area contributed by atoms with E-state index in [0.717, 1.165) is 12.1 Å². The predicted molar refractivity (Wildman–Crippen MR) is 129 cm³/mol. The molecule has 0 saturated carbocycles. The summed E-state index contributed by atoms with van der Waals surface area (Å²) in [6.45, 7) is -0.258. The zero-order valence-electron chi connectivity index (χ0n) is 18.4. The Hall–Kier alpha value is -4.44. The molecule has 0 bridgehead atoms. The molecular weight excluding hydrogens is 479 g/mol. The van der Waals surface area contributed by atoms with Crippen LogP contribution in [0.5, 0.6) is 11.5 Å². The van der Waals surface area contributed by atoms with Crippen molar-refractivity contribution in [1.29, 1.82) is 0 Å². The summed E-state index contributed by atoms with van der Waals surface area (Å²) in [5.74, 6) is -2.17. The second kappa shape index (κ2) is 12.1. The molecule has 35 heavy (non-hydrogen) atoms. The minimum Gasteiger partial charge on any atom is -0.493 e. The lowest BCUT2D eigenvalue weighted by molar-refractivity contribution is -0.136. The highest BCUT2D eigenvalue weighted by Crippen LogP contribution is 2.27. The molecule has 3 rings (SSSR count). The van der Waals surface area contributed by atoms with Crippen molar-refractivity contribution in [3.63, 3.8) is 0 Å². The smallest absolute Gasteiger partial charge is 0.329 e. The normalized spacial score (nSPS) is 10.5. The molecule has 180 valence electrons. The number of benzene rings is 3. The minimum absolute atomic E-state index is 0.258. The molecule has 0 fully saturated rings. The van der Waals surface area contributed by atoms with Crippen molar-refractivity contribution in [2.75, 3.05) is 24.4 Å². The van der Waals surface area contributed by atoms with Gasteiger partial charge in [-0.2, -0.15) is 5.10 Å². The molecule has 0 aromatic heterocycles. The maximum Gasteiger partial charge on any atom is 0.329 e. The van der Waals surface area contributed by atoms with Crippen molar-refractivity contribution in [2.45, 2.75) is 0 Å². The summed E-state index contributed by atoms with van der Waals surface area (Å²) in [5.41, 5.74) is 3.46. The Morgan fingerprint density at radius 1 is 0.914 bits per heavy atom. The van der Waals surface area contributed by atoms with Crippen LogP contribution in [0.1, 0.15) is 5.56 Å². The molecule has 0 aliphatic rings. The number of ether oxygens (including phenoxy) is 2. The average molecular weight is 499 g/mol. The van der Waals surface area contributed by atoms with Gasteiger partial charge in [-0.3, -0.25) is 14.4 Å². The highest BCUT2D eigenvalue weighted by Gasteiger charge is 2.13. The van der Waals surface area contributed by atoms with Crippen molar-refractivity contribution in [3.05, 3.63) is 83.1 Å². The fourth-order valence-corrected chi connectivity index (χ4v) is 2.82. The van der Waals surface area contributed by atoms with Gasteiger partial charge in [0, 0.05) is 16.4 Å². The molecule has 0 spiro atoms. The number of rotatable bonds is 8. The molecular formula is C24H20ClFN4O5. The average Bonchev–Trinajstić information content (AvgIpc) is 2.85. The summed E-state index contributed by atoms with van der Waals surface area (Å²) in [6, 6.07) is 16.3. The van der Waals surface area contributed by atoms with Gasteiger partial charge in [0.2, 0.25) is 0 Å². The monoisotopic (exact) mass is 498 g/mol. The highest BCUT2D eigenvalue weighted by atomic mass is 35.5. The zero-order chi connectivity index (χ0) is 25.2. The molecule has 3 aromatic carbocycles. The van der Waals surface area contributed by atoms with Crippen LogP contribution in [-0.4, -0.2) is 37.7 Å². The maximum absolute atomic E-state index is 12.9. The van der Waals surface area contributed by atoms with Crippen LogP contribution in [0.15, 0.2) is 71.8 Å². The second-order valence-corrected chi connectivity index (χ2v) is 7.35. The van der Waals surface area contributed by atoms with Gasteiger partial charge < -0.3 is 20.1 Å². The molecule has 0 aliphatic heterocycles. The first-order valence-electron chi connectivity index (χ1n) is 10.1. The minimum atomic E-state index is -1.01. The Morgan fingerprint density at radius 2 is 1.57 bits per heavy atom. The number of halogens is 2. The predicted octanol–water partition coefficient (Wildman–Crippen LogP) is 3.59. The van der Waals surface area contributed by atoms with E-state index in [1.165, 1.54) is 25.5 Å². The lowest BCUT2D eigenvalue weighted by Gasteiger charge is -2.11. The van der Waals surface area contributed by atoms with Crippen molar-refractivity contribution >= 4 is 46.9 Å². The lowest BCUT2D eigenvalue weighted by Crippen LogP contribution is -2.32. The van der Waals surface area contributed by atoms with E-state index in [1.54, 1.807) is 42.5 Å². The van der Waals surface area contributed by atoms with Crippen molar-refractivity contribution in [2.24, 2.45) is 5.10 Å². The molecule has 3 aromatic rings. The molecule has 3 N–H and O–H groups in total. The van der Waals surface area contributed by atoms with Crippen LogP contribution in [0.2, 0.25) is 5.02 Å². The van der Waals surface area contributed by atoms with Crippen LogP contribution >= 0.6 is 11.6 Å². The summed E-state index contributed by atoms with van der Waals surface area (Å²) in [6.07, 6.45) is 1.29. The summed E-state index contributed by atoms with van der Waals surface area (Å²) < 4.78 is 23.7. The van der Waals surface area contributed by atoms with Crippen LogP contribution in [-0.2, 0) is 14.4 Å². The van der Waals surface area contributed by atoms with E-state index in [9.17, 15) is 18.8 Å². The van der Waals surface area contributed by atoms with E-state index in [0.29, 0.717) is 27.8 Å². The Kier molecular flexibility index (Phi) is 8.74. The third-order valence-electron chi connectivity index (χ3n) is 4.36. The SMILES string of the molecule is COc1cc(/C=N\NC(=O)C(=O)Nc2ccc(F)cc2)ccc1OCC(=O)Nc1ccc(Cl)cc1. The number of anilines is 2. The van der Waals surface area contributed by atoms with E-state index >= 15 is 0 Å². The number of hydrogen-bond donors (Lipinski definition) is 3. The number of hydrazone groups is 1. The molecule has 0 heterocycles. The second-order valence-electron chi connectivity index (χ2n) is 6.91. The lowest BCUT2D eigenvalue weighted by atomic mass is 10.2. The number of nitrogens with one attached hydrogen (secondary N) is 3. The largest absolute Gasteiger partial charge is 0.493 e. The van der Waals surface area contributed by atoms with E-state index in [4.69, 9.17) is 21.1 Å². The van der Waals surface area contributed by atoms with Crippen LogP contribution in [0.3, 0.4) is 0 Å². The van der Waals surface area contributed by atoms with E-state index in [2.05, 4.69) is 21.2 Å². The van der Waals surface area contributed by atoms with Gasteiger partial charge in [0.05, 0.1) is 13.3 Å². The number of carbonyl (C=O) groups excluding carboxylic acids is 3. The molecule has 0 saturated heterocycles. The zero-order valence-corrected chi connectivity index (χ0v) is 19.1. The molecule has 0 aliphatic carbocycles. The van der Waals surface area contributed by atoms with Crippen molar-refractivity contribution in [1.82, 2.24) is 5.43 Å². The van der Waals surface area contributed by atoms with Crippen molar-refractivity contribution in [3.8, 4) is 11.5 Å². The van der Waals surface area contributed by atoms with E-state index < -0.39 is 17.6 Å². The van der Waals surface area contributed by atoms with Crippen LogP contribution in [0.25, 0.3) is 0 Å². The first-order valence-corrected chi connectivity index (χ1v) is 10.5. The Bertz CT molecular complexity index is 1230. The summed E-state index contributed by atoms with van der Waals surface area (Å²) in [4.78, 5) is 35.9. The fraction of sp³-hybridized carbons (Fsp3) is 0.0833. The molecule has 0 atom stereocenters. The number of amides is 3. The summed E-state index contributed by atoms with van der Waals surface area (Å²) in [5, 5.41) is 9.29. The first-order chi connectivity index (χ1) is 16.8. The molecule has 9 nitrogen and oxygen atoms in total. The van der Waals surface area contributed by atoms with Gasteiger partial charge in [-0.05, 0) is 72.3 Å². The van der Waals surface area contributed by atoms with Gasteiger partial charge in [-0.25, -0.2) is 9.82 Å². The molecule has 0 unspecified atom stereocenters. The van der Waals surface area contributed by atoms with Gasteiger partial charge in [0.1, 0.15) is 5.82 Å². The Morgan fingerprint density at radius 3 is 2.26 bits per heavy atom. The number of hydrogen-bond acceptors (Lipinski definition) is 6. The topological polar surface area (TPSA) is 118 Å². The van der Waals surface area contributed by atoms with Crippen LogP contribution in [0, 0.1) is 5.82 Å². The molecule has 3 amide bonds. The van der Waals surface area contributed by atoms with E-state index in [1.807, 2.05) is 0 Å². The van der Waals surface area contributed by atoms with Gasteiger partial charge in [0.15, 0.2) is 18.1 Å². The van der Waals surface area contributed by atoms with Crippen LogP contribution < -0.4 is 25.5 Å². The van der Waals surface area contributed by atoms with Crippen molar-refractivity contribution < 1.29 is 28.2 Å². The standard InChI is InChI=1S/C24H20ClFN4O5/c1-34-21-12-15(13-27-30-24(33)23(32)29-19-9-5-17(26)6-10-19)2-11-20(21)35-14-22(31)28-18-7-3-16(25)4-8-18/h2-13H,14H2,1H3,(H,28,31)(H,29,32)(H,30,33)/b27-13-. The van der Waals surface area contributed by atoms with Gasteiger partial charge >= 0.3 is 11.8 Å². The number of methoxy groups -OCH3 is 1. The van der Waals surface area contributed by atoms with Gasteiger partial charge in [0.25, 0.3) is 5.91 Å². The van der Waals surface area contributed by atoms with Gasteiger partial charge in [-0.1, -0.05) is 11.6 Å². The highest BCUT2D eigenvalue weighted by molar-refractivity contribution is 6.39. The fourth-order valence-electron chi connectivity index (χ4n) is 2.69. The first kappa shape index (κ1) is 25.2. The van der Waals surface area contributed by atoms with Gasteiger partial charge in [-0.15, -0.1) is 0 Å². The quantitative estimate of drug-likeness (QED) is 0.249. The Balaban J connectivity index is 1.51. The maximum atomic E-state index is 12.9. The third kappa shape index (κ3) is 7.83. The van der Waals surface area contributed by atoms with E-state index in [-0.39, 0.29) is 18.2 Å². The summed E-state index contributed by atoms with van der Waals surface area (Å²) in [7, 11) is 1.43. The third-order valence-corrected chi connectivity index (χ3v) is 4.61. The number of nitrogens with zero attached hydrogens (tertiary/aromatic N) is 1. The molecule has 11 heteroatoms. The van der Waals surface area contributed by atoms with Crippen LogP contribution in [0.4, 0.5) is 15.8 Å². The number of carbonyl (C=O) groups is 3. The summed E-state index contributed by atoms with van der Waals surface area (Å²) >= 11 is 5.82.